The number of nitrogens with zero attached hydrogens (tertiary/aromatic N) is 2. The largest absolute Gasteiger partial charge is 0.493 e. The summed E-state index contributed by atoms with van der Waals surface area (Å²) in [5.74, 6) is 0.544. The summed E-state index contributed by atoms with van der Waals surface area (Å²) in [5.41, 5.74) is 9.00. The Balaban J connectivity index is 1.69. The van der Waals surface area contributed by atoms with E-state index >= 15 is 0 Å². The van der Waals surface area contributed by atoms with E-state index in [9.17, 15) is 4.79 Å². The average molecular weight is 421 g/mol. The van der Waals surface area contributed by atoms with Crippen LogP contribution in [-0.4, -0.2) is 36.1 Å². The number of aromatic nitrogens is 1. The standard InChI is InChI=1S/C24H27N3O4/c1-16-11-20(15-26-25-14-19-7-10-22(30-3)23(12-19)31-4)17(2)27(16)21-8-5-18(6-9-21)13-24(28)29/h5-12,15,25H,13-14H2,1-4H3,(H,28,29)/b26-15+. The van der Waals surface area contributed by atoms with Crippen LogP contribution in [0.25, 0.3) is 5.69 Å². The molecule has 2 aromatic carbocycles. The highest BCUT2D eigenvalue weighted by atomic mass is 16.5. The maximum atomic E-state index is 10.9. The van der Waals surface area contributed by atoms with Crippen LogP contribution in [0.1, 0.15) is 28.1 Å². The number of hydrogen-bond acceptors (Lipinski definition) is 5. The predicted octanol–water partition coefficient (Wildman–Crippen LogP) is 3.86. The zero-order valence-corrected chi connectivity index (χ0v) is 18.2. The molecular weight excluding hydrogens is 394 g/mol. The SMILES string of the molecule is COc1ccc(CN/N=C/c2cc(C)n(-c3ccc(CC(=O)O)cc3)c2C)cc1OC. The molecule has 3 aromatic rings. The number of carboxylic acids is 1. The molecule has 0 saturated heterocycles. The third-order valence-electron chi connectivity index (χ3n) is 5.05. The second-order valence-corrected chi connectivity index (χ2v) is 7.18. The molecule has 3 rings (SSSR count). The molecule has 1 heterocycles. The molecule has 162 valence electrons. The Hall–Kier alpha value is -3.74. The van der Waals surface area contributed by atoms with Crippen molar-refractivity contribution in [3.8, 4) is 17.2 Å². The molecule has 0 unspecified atom stereocenters. The first-order chi connectivity index (χ1) is 14.9. The third kappa shape index (κ3) is 5.25. The fraction of sp³-hybridized carbons (Fsp3) is 0.250. The van der Waals surface area contributed by atoms with Gasteiger partial charge in [0.25, 0.3) is 0 Å². The molecule has 0 bridgehead atoms. The van der Waals surface area contributed by atoms with Crippen molar-refractivity contribution in [3.63, 3.8) is 0 Å². The maximum absolute atomic E-state index is 10.9. The van der Waals surface area contributed by atoms with Gasteiger partial charge in [0, 0.05) is 22.6 Å². The Kier molecular flexibility index (Phi) is 6.97. The van der Waals surface area contributed by atoms with Gasteiger partial charge in [0.1, 0.15) is 0 Å². The van der Waals surface area contributed by atoms with Crippen LogP contribution in [-0.2, 0) is 17.8 Å². The predicted molar refractivity (Wildman–Crippen MR) is 121 cm³/mol. The van der Waals surface area contributed by atoms with Crippen molar-refractivity contribution in [2.24, 2.45) is 5.10 Å². The Morgan fingerprint density at radius 3 is 2.35 bits per heavy atom. The van der Waals surface area contributed by atoms with E-state index in [1.165, 1.54) is 0 Å². The first kappa shape index (κ1) is 22.0. The Labute approximate surface area is 181 Å². The van der Waals surface area contributed by atoms with E-state index in [4.69, 9.17) is 14.6 Å². The number of carbonyl (C=O) groups is 1. The highest BCUT2D eigenvalue weighted by molar-refractivity contribution is 5.82. The van der Waals surface area contributed by atoms with Crippen molar-refractivity contribution in [2.45, 2.75) is 26.8 Å². The summed E-state index contributed by atoms with van der Waals surface area (Å²) in [6.07, 6.45) is 1.83. The van der Waals surface area contributed by atoms with E-state index in [0.717, 1.165) is 33.8 Å². The summed E-state index contributed by atoms with van der Waals surface area (Å²) < 4.78 is 12.7. The Bertz CT molecular complexity index is 1080. The van der Waals surface area contributed by atoms with E-state index in [-0.39, 0.29) is 6.42 Å². The zero-order chi connectivity index (χ0) is 22.4. The van der Waals surface area contributed by atoms with Gasteiger partial charge in [0.2, 0.25) is 0 Å². The summed E-state index contributed by atoms with van der Waals surface area (Å²) in [5, 5.41) is 13.3. The van der Waals surface area contributed by atoms with Crippen LogP contribution in [0, 0.1) is 13.8 Å². The number of ether oxygens (including phenoxy) is 2. The Morgan fingerprint density at radius 2 is 1.71 bits per heavy atom. The van der Waals surface area contributed by atoms with E-state index < -0.39 is 5.97 Å². The molecule has 2 N–H and O–H groups in total. The average Bonchev–Trinajstić information content (AvgIpc) is 3.04. The summed E-state index contributed by atoms with van der Waals surface area (Å²) in [4.78, 5) is 10.9. The van der Waals surface area contributed by atoms with Crippen LogP contribution >= 0.6 is 0 Å². The van der Waals surface area contributed by atoms with Crippen LogP contribution in [0.2, 0.25) is 0 Å². The van der Waals surface area contributed by atoms with Gasteiger partial charge >= 0.3 is 5.97 Å². The third-order valence-corrected chi connectivity index (χ3v) is 5.05. The number of methoxy groups -OCH3 is 2. The van der Waals surface area contributed by atoms with Crippen molar-refractivity contribution >= 4 is 12.2 Å². The fourth-order valence-electron chi connectivity index (χ4n) is 3.50. The second-order valence-electron chi connectivity index (χ2n) is 7.18. The van der Waals surface area contributed by atoms with Crippen LogP contribution < -0.4 is 14.9 Å². The van der Waals surface area contributed by atoms with Gasteiger partial charge < -0.3 is 24.6 Å². The number of hydrazone groups is 1. The molecule has 0 aliphatic rings. The summed E-state index contributed by atoms with van der Waals surface area (Å²) in [7, 11) is 3.23. The van der Waals surface area contributed by atoms with E-state index in [1.54, 1.807) is 20.4 Å². The number of aliphatic carboxylic acids is 1. The molecule has 31 heavy (non-hydrogen) atoms. The molecule has 7 nitrogen and oxygen atoms in total. The minimum Gasteiger partial charge on any atom is -0.493 e. The normalized spacial score (nSPS) is 11.0. The zero-order valence-electron chi connectivity index (χ0n) is 18.2. The molecule has 0 fully saturated rings. The molecule has 0 atom stereocenters. The summed E-state index contributed by atoms with van der Waals surface area (Å²) in [6.45, 7) is 4.63. The summed E-state index contributed by atoms with van der Waals surface area (Å²) >= 11 is 0. The van der Waals surface area contributed by atoms with Gasteiger partial charge in [-0.1, -0.05) is 18.2 Å². The summed E-state index contributed by atoms with van der Waals surface area (Å²) in [6, 6.07) is 15.4. The number of benzene rings is 2. The minimum absolute atomic E-state index is 0.0214. The molecule has 0 radical (unpaired) electrons. The van der Waals surface area contributed by atoms with Crippen LogP contribution in [0.4, 0.5) is 0 Å². The Morgan fingerprint density at radius 1 is 1.03 bits per heavy atom. The molecule has 7 heteroatoms. The van der Waals surface area contributed by atoms with Gasteiger partial charge in [-0.15, -0.1) is 0 Å². The number of rotatable bonds is 9. The lowest BCUT2D eigenvalue weighted by molar-refractivity contribution is -0.136. The van der Waals surface area contributed by atoms with Crippen molar-refractivity contribution in [1.82, 2.24) is 9.99 Å². The van der Waals surface area contributed by atoms with Crippen LogP contribution in [0.15, 0.2) is 53.6 Å². The lowest BCUT2D eigenvalue weighted by Gasteiger charge is -2.10. The topological polar surface area (TPSA) is 85.1 Å². The number of carboxylic acid groups (broad SMARTS) is 1. The fourth-order valence-corrected chi connectivity index (χ4v) is 3.50. The van der Waals surface area contributed by atoms with Gasteiger partial charge in [0.15, 0.2) is 11.5 Å². The van der Waals surface area contributed by atoms with Gasteiger partial charge in [-0.2, -0.15) is 5.10 Å². The lowest BCUT2D eigenvalue weighted by atomic mass is 10.1. The maximum Gasteiger partial charge on any atom is 0.307 e. The molecule has 0 spiro atoms. The smallest absolute Gasteiger partial charge is 0.307 e. The van der Waals surface area contributed by atoms with Gasteiger partial charge in [-0.05, 0) is 55.3 Å². The quantitative estimate of drug-likeness (QED) is 0.405. The van der Waals surface area contributed by atoms with Gasteiger partial charge in [-0.25, -0.2) is 0 Å². The number of aryl methyl sites for hydroxylation is 1. The lowest BCUT2D eigenvalue weighted by Crippen LogP contribution is -2.06. The van der Waals surface area contributed by atoms with Crippen molar-refractivity contribution in [1.29, 1.82) is 0 Å². The minimum atomic E-state index is -0.833. The van der Waals surface area contributed by atoms with Crippen molar-refractivity contribution in [3.05, 3.63) is 76.6 Å². The number of nitrogens with one attached hydrogen (secondary N) is 1. The van der Waals surface area contributed by atoms with Crippen LogP contribution in [0.3, 0.4) is 0 Å². The molecule has 0 saturated carbocycles. The highest BCUT2D eigenvalue weighted by Gasteiger charge is 2.10. The van der Waals surface area contributed by atoms with Crippen LogP contribution in [0.5, 0.6) is 11.5 Å². The molecule has 1 aromatic heterocycles. The first-order valence-electron chi connectivity index (χ1n) is 9.89. The molecule has 0 aliphatic heterocycles. The van der Waals surface area contributed by atoms with E-state index in [0.29, 0.717) is 18.0 Å². The number of hydrogen-bond donors (Lipinski definition) is 2. The van der Waals surface area contributed by atoms with Gasteiger partial charge in [-0.3, -0.25) is 4.79 Å². The van der Waals surface area contributed by atoms with E-state index in [1.807, 2.05) is 56.3 Å². The van der Waals surface area contributed by atoms with Crippen molar-refractivity contribution < 1.29 is 19.4 Å². The first-order valence-corrected chi connectivity index (χ1v) is 9.89. The molecular formula is C24H27N3O4. The van der Waals surface area contributed by atoms with Gasteiger partial charge in [0.05, 0.1) is 33.4 Å². The second kappa shape index (κ2) is 9.84. The molecule has 0 amide bonds. The van der Waals surface area contributed by atoms with Crippen molar-refractivity contribution in [2.75, 3.05) is 14.2 Å². The molecule has 0 aliphatic carbocycles. The highest BCUT2D eigenvalue weighted by Crippen LogP contribution is 2.27. The van der Waals surface area contributed by atoms with E-state index in [2.05, 4.69) is 21.2 Å². The monoisotopic (exact) mass is 421 g/mol.